The number of allylic oxidation sites excluding steroid dienone is 2. The van der Waals surface area contributed by atoms with Crippen LogP contribution in [-0.4, -0.2) is 13.2 Å². The monoisotopic (exact) mass is 184 g/mol. The Kier molecular flexibility index (Phi) is 9.56. The quantitative estimate of drug-likeness (QED) is 0.412. The van der Waals surface area contributed by atoms with Gasteiger partial charge in [-0.15, -0.1) is 0 Å². The van der Waals surface area contributed by atoms with Gasteiger partial charge in [0, 0.05) is 13.2 Å². The van der Waals surface area contributed by atoms with Gasteiger partial charge < -0.3 is 4.74 Å². The van der Waals surface area contributed by atoms with E-state index in [2.05, 4.69) is 26.0 Å². The minimum Gasteiger partial charge on any atom is -0.382 e. The molecule has 13 heavy (non-hydrogen) atoms. The average molecular weight is 184 g/mol. The maximum absolute atomic E-state index is 5.27. The average Bonchev–Trinajstić information content (AvgIpc) is 2.11. The van der Waals surface area contributed by atoms with Crippen molar-refractivity contribution in [3.63, 3.8) is 0 Å². The number of rotatable bonds is 8. The van der Waals surface area contributed by atoms with E-state index in [-0.39, 0.29) is 0 Å². The topological polar surface area (TPSA) is 9.23 Å². The van der Waals surface area contributed by atoms with Crippen LogP contribution in [0.5, 0.6) is 0 Å². The number of hydrogen-bond acceptors (Lipinski definition) is 1. The van der Waals surface area contributed by atoms with Gasteiger partial charge in [0.15, 0.2) is 0 Å². The van der Waals surface area contributed by atoms with E-state index >= 15 is 0 Å². The lowest BCUT2D eigenvalue weighted by Crippen LogP contribution is -1.94. The Hall–Kier alpha value is -0.300. The molecule has 0 spiro atoms. The van der Waals surface area contributed by atoms with Crippen LogP contribution in [0, 0.1) is 5.92 Å². The van der Waals surface area contributed by atoms with Gasteiger partial charge in [-0.2, -0.15) is 0 Å². The zero-order valence-electron chi connectivity index (χ0n) is 9.38. The second-order valence-corrected chi connectivity index (χ2v) is 3.55. The first-order valence-electron chi connectivity index (χ1n) is 5.51. The predicted molar refractivity (Wildman–Crippen MR) is 58.9 cm³/mol. The molecule has 0 saturated heterocycles. The summed E-state index contributed by atoms with van der Waals surface area (Å²) >= 11 is 0. The van der Waals surface area contributed by atoms with E-state index in [9.17, 15) is 0 Å². The van der Waals surface area contributed by atoms with Gasteiger partial charge in [0.1, 0.15) is 0 Å². The summed E-state index contributed by atoms with van der Waals surface area (Å²) in [7, 11) is 0. The summed E-state index contributed by atoms with van der Waals surface area (Å²) in [6.07, 6.45) is 9.60. The number of ether oxygens (including phenoxy) is 1. The molecule has 0 aliphatic rings. The molecule has 1 unspecified atom stereocenters. The summed E-state index contributed by atoms with van der Waals surface area (Å²) in [5.41, 5.74) is 0. The molecule has 0 aromatic carbocycles. The molecule has 0 aliphatic heterocycles. The fraction of sp³-hybridized carbons (Fsp3) is 0.833. The van der Waals surface area contributed by atoms with Crippen molar-refractivity contribution in [1.82, 2.24) is 0 Å². The van der Waals surface area contributed by atoms with E-state index in [4.69, 9.17) is 4.74 Å². The third-order valence-electron chi connectivity index (χ3n) is 2.17. The van der Waals surface area contributed by atoms with E-state index in [0.717, 1.165) is 19.1 Å². The van der Waals surface area contributed by atoms with Crippen LogP contribution < -0.4 is 0 Å². The maximum Gasteiger partial charge on any atom is 0.0465 e. The first kappa shape index (κ1) is 12.7. The highest BCUT2D eigenvalue weighted by Gasteiger charge is 1.96. The lowest BCUT2D eigenvalue weighted by Gasteiger charge is -2.05. The molecule has 0 saturated carbocycles. The van der Waals surface area contributed by atoms with Gasteiger partial charge >= 0.3 is 0 Å². The van der Waals surface area contributed by atoms with Gasteiger partial charge in [0.25, 0.3) is 0 Å². The fourth-order valence-electron chi connectivity index (χ4n) is 1.42. The molecule has 0 aliphatic carbocycles. The molecule has 1 atom stereocenters. The van der Waals surface area contributed by atoms with Crippen molar-refractivity contribution in [2.45, 2.75) is 46.5 Å². The third kappa shape index (κ3) is 9.62. The Morgan fingerprint density at radius 2 is 2.00 bits per heavy atom. The molecule has 0 fully saturated rings. The Bertz CT molecular complexity index is 118. The fourth-order valence-corrected chi connectivity index (χ4v) is 1.42. The van der Waals surface area contributed by atoms with Crippen LogP contribution in [0.25, 0.3) is 0 Å². The predicted octanol–water partition coefficient (Wildman–Crippen LogP) is 3.80. The molecular weight excluding hydrogens is 160 g/mol. The number of hydrogen-bond donors (Lipinski definition) is 0. The van der Waals surface area contributed by atoms with Gasteiger partial charge in [-0.25, -0.2) is 0 Å². The first-order valence-corrected chi connectivity index (χ1v) is 5.51. The summed E-state index contributed by atoms with van der Waals surface area (Å²) in [6.45, 7) is 8.21. The van der Waals surface area contributed by atoms with Crippen molar-refractivity contribution < 1.29 is 4.74 Å². The highest BCUT2D eigenvalue weighted by molar-refractivity contribution is 4.82. The van der Waals surface area contributed by atoms with E-state index in [0.29, 0.717) is 0 Å². The minimum absolute atomic E-state index is 0.747. The molecular formula is C12H24O. The summed E-state index contributed by atoms with van der Waals surface area (Å²) < 4.78 is 5.27. The van der Waals surface area contributed by atoms with Crippen LogP contribution in [0.15, 0.2) is 12.2 Å². The number of unbranched alkanes of at least 4 members (excludes halogenated alkanes) is 2. The lowest BCUT2D eigenvalue weighted by atomic mass is 10.0. The van der Waals surface area contributed by atoms with E-state index in [1.165, 1.54) is 25.7 Å². The van der Waals surface area contributed by atoms with Crippen molar-refractivity contribution in [1.29, 1.82) is 0 Å². The summed E-state index contributed by atoms with van der Waals surface area (Å²) in [5.74, 6) is 0.747. The van der Waals surface area contributed by atoms with Crippen molar-refractivity contribution in [3.8, 4) is 0 Å². The van der Waals surface area contributed by atoms with Crippen molar-refractivity contribution in [2.24, 2.45) is 5.92 Å². The van der Waals surface area contributed by atoms with E-state index in [1.54, 1.807) is 0 Å². The van der Waals surface area contributed by atoms with Gasteiger partial charge in [-0.3, -0.25) is 0 Å². The molecule has 1 heteroatoms. The Morgan fingerprint density at radius 3 is 2.62 bits per heavy atom. The van der Waals surface area contributed by atoms with Crippen LogP contribution >= 0.6 is 0 Å². The van der Waals surface area contributed by atoms with Gasteiger partial charge in [0.05, 0.1) is 0 Å². The van der Waals surface area contributed by atoms with Crippen LogP contribution in [0.4, 0.5) is 0 Å². The van der Waals surface area contributed by atoms with Crippen molar-refractivity contribution in [2.75, 3.05) is 13.2 Å². The van der Waals surface area contributed by atoms with Crippen molar-refractivity contribution >= 4 is 0 Å². The summed E-state index contributed by atoms with van der Waals surface area (Å²) in [4.78, 5) is 0. The molecule has 0 heterocycles. The molecule has 0 N–H and O–H groups in total. The molecule has 0 radical (unpaired) electrons. The highest BCUT2D eigenvalue weighted by atomic mass is 16.5. The zero-order valence-corrected chi connectivity index (χ0v) is 9.38. The zero-order chi connectivity index (χ0) is 9.94. The maximum atomic E-state index is 5.27. The van der Waals surface area contributed by atoms with Crippen LogP contribution in [0.2, 0.25) is 0 Å². The Balaban J connectivity index is 3.06. The smallest absolute Gasteiger partial charge is 0.0465 e. The second-order valence-electron chi connectivity index (χ2n) is 3.55. The summed E-state index contributed by atoms with van der Waals surface area (Å²) in [5, 5.41) is 0. The highest BCUT2D eigenvalue weighted by Crippen LogP contribution is 2.10. The SMILES string of the molecule is CC=CC(C)CCCCCOCC. The van der Waals surface area contributed by atoms with Gasteiger partial charge in [0.2, 0.25) is 0 Å². The first-order chi connectivity index (χ1) is 6.31. The van der Waals surface area contributed by atoms with Crippen LogP contribution in [-0.2, 0) is 4.74 Å². The standard InChI is InChI=1S/C12H24O/c1-4-9-12(3)10-7-6-8-11-13-5-2/h4,9,12H,5-8,10-11H2,1-3H3. The molecule has 78 valence electrons. The van der Waals surface area contributed by atoms with Crippen molar-refractivity contribution in [3.05, 3.63) is 12.2 Å². The van der Waals surface area contributed by atoms with E-state index in [1.807, 2.05) is 6.92 Å². The largest absolute Gasteiger partial charge is 0.382 e. The van der Waals surface area contributed by atoms with Gasteiger partial charge in [-0.1, -0.05) is 31.9 Å². The molecule has 0 aromatic heterocycles. The Labute approximate surface area is 83.2 Å². The third-order valence-corrected chi connectivity index (χ3v) is 2.17. The van der Waals surface area contributed by atoms with E-state index < -0.39 is 0 Å². The molecule has 1 nitrogen and oxygen atoms in total. The Morgan fingerprint density at radius 1 is 1.23 bits per heavy atom. The summed E-state index contributed by atoms with van der Waals surface area (Å²) in [6, 6.07) is 0. The molecule has 0 amide bonds. The lowest BCUT2D eigenvalue weighted by molar-refractivity contribution is 0.142. The second kappa shape index (κ2) is 9.79. The van der Waals surface area contributed by atoms with Gasteiger partial charge in [-0.05, 0) is 32.6 Å². The van der Waals surface area contributed by atoms with Crippen LogP contribution in [0.3, 0.4) is 0 Å². The van der Waals surface area contributed by atoms with Crippen LogP contribution in [0.1, 0.15) is 46.5 Å². The molecule has 0 bridgehead atoms. The minimum atomic E-state index is 0.747. The molecule has 0 aromatic rings. The normalized spacial score (nSPS) is 13.8. The molecule has 0 rings (SSSR count).